The molecule has 0 bridgehead atoms. The van der Waals surface area contributed by atoms with Gasteiger partial charge in [-0.3, -0.25) is 4.90 Å². The third-order valence-electron chi connectivity index (χ3n) is 3.98. The van der Waals surface area contributed by atoms with Crippen LogP contribution in [-0.2, 0) is 4.79 Å². The minimum atomic E-state index is -0.894. The number of carbonyl (C=O) groups excluding carboxylic acids is 1. The van der Waals surface area contributed by atoms with Crippen LogP contribution in [0.1, 0.15) is 33.1 Å². The largest absolute Gasteiger partial charge is 0.480 e. The number of hydrogen-bond donors (Lipinski definition) is 1. The second-order valence-corrected chi connectivity index (χ2v) is 6.71. The third-order valence-corrected chi connectivity index (χ3v) is 5.20. The smallest absolute Gasteiger partial charge is 0.327 e. The zero-order chi connectivity index (χ0) is 14.0. The zero-order valence-corrected chi connectivity index (χ0v) is 12.4. The van der Waals surface area contributed by atoms with Gasteiger partial charge < -0.3 is 10.0 Å². The molecule has 0 aromatic carbocycles. The first-order valence-electron chi connectivity index (χ1n) is 6.96. The molecule has 2 fully saturated rings. The van der Waals surface area contributed by atoms with E-state index in [-0.39, 0.29) is 11.4 Å². The fourth-order valence-corrected chi connectivity index (χ4v) is 4.10. The summed E-state index contributed by atoms with van der Waals surface area (Å²) >= 11 is 1.54. The molecule has 2 aliphatic heterocycles. The van der Waals surface area contributed by atoms with E-state index in [0.717, 1.165) is 32.4 Å². The Morgan fingerprint density at radius 1 is 1.42 bits per heavy atom. The highest BCUT2D eigenvalue weighted by Crippen LogP contribution is 2.31. The molecule has 19 heavy (non-hydrogen) atoms. The number of rotatable bonds is 3. The second kappa shape index (κ2) is 6.03. The van der Waals surface area contributed by atoms with E-state index >= 15 is 0 Å². The van der Waals surface area contributed by atoms with E-state index in [1.165, 1.54) is 11.8 Å². The molecular weight excluding hydrogens is 264 g/mol. The van der Waals surface area contributed by atoms with Crippen molar-refractivity contribution >= 4 is 23.8 Å². The molecule has 0 saturated carbocycles. The van der Waals surface area contributed by atoms with E-state index in [0.29, 0.717) is 11.7 Å². The maximum Gasteiger partial charge on any atom is 0.327 e. The summed E-state index contributed by atoms with van der Waals surface area (Å²) in [5.41, 5.74) is 0. The Kier molecular flexibility index (Phi) is 4.60. The van der Waals surface area contributed by atoms with Gasteiger partial charge in [-0.15, -0.1) is 11.8 Å². The highest BCUT2D eigenvalue weighted by molar-refractivity contribution is 8.00. The Morgan fingerprint density at radius 2 is 2.16 bits per heavy atom. The van der Waals surface area contributed by atoms with Crippen molar-refractivity contribution in [2.45, 2.75) is 44.5 Å². The number of likely N-dealkylation sites (tertiary alicyclic amines) is 1. The molecule has 2 saturated heterocycles. The van der Waals surface area contributed by atoms with Gasteiger partial charge in [0.25, 0.3) is 0 Å². The SMILES string of the molecule is CCCC1CCN(C(=O)N2C(C)SCC2C(=O)O)C1. The van der Waals surface area contributed by atoms with Crippen LogP contribution in [0.3, 0.4) is 0 Å². The summed E-state index contributed by atoms with van der Waals surface area (Å²) in [7, 11) is 0. The summed E-state index contributed by atoms with van der Waals surface area (Å²) in [5, 5.41) is 9.16. The molecule has 0 aromatic rings. The van der Waals surface area contributed by atoms with Crippen LogP contribution < -0.4 is 0 Å². The van der Waals surface area contributed by atoms with Crippen molar-refractivity contribution in [3.05, 3.63) is 0 Å². The summed E-state index contributed by atoms with van der Waals surface area (Å²) in [5.74, 6) is 0.186. The van der Waals surface area contributed by atoms with Gasteiger partial charge in [0.2, 0.25) is 0 Å². The number of nitrogens with zero attached hydrogens (tertiary/aromatic N) is 2. The first kappa shape index (κ1) is 14.5. The highest BCUT2D eigenvalue weighted by Gasteiger charge is 2.42. The molecule has 2 heterocycles. The van der Waals surface area contributed by atoms with Crippen molar-refractivity contribution in [1.29, 1.82) is 0 Å². The van der Waals surface area contributed by atoms with E-state index in [2.05, 4.69) is 6.92 Å². The molecule has 108 valence electrons. The lowest BCUT2D eigenvalue weighted by atomic mass is 10.0. The molecule has 2 amide bonds. The standard InChI is InChI=1S/C13H22N2O3S/c1-3-4-10-5-6-14(7-10)13(18)15-9(2)19-8-11(15)12(16)17/h9-11H,3-8H2,1-2H3,(H,16,17). The first-order valence-corrected chi connectivity index (χ1v) is 8.01. The lowest BCUT2D eigenvalue weighted by molar-refractivity contribution is -0.141. The van der Waals surface area contributed by atoms with Crippen LogP contribution in [0.5, 0.6) is 0 Å². The number of carboxylic acid groups (broad SMARTS) is 1. The summed E-state index contributed by atoms with van der Waals surface area (Å²) in [4.78, 5) is 27.1. The fraction of sp³-hybridized carbons (Fsp3) is 0.846. The highest BCUT2D eigenvalue weighted by atomic mass is 32.2. The number of aliphatic carboxylic acids is 1. The minimum Gasteiger partial charge on any atom is -0.480 e. The van der Waals surface area contributed by atoms with Crippen molar-refractivity contribution in [2.24, 2.45) is 5.92 Å². The second-order valence-electron chi connectivity index (χ2n) is 5.37. The molecule has 2 rings (SSSR count). The molecule has 3 unspecified atom stereocenters. The maximum absolute atomic E-state index is 12.5. The van der Waals surface area contributed by atoms with Crippen LogP contribution in [0.4, 0.5) is 4.79 Å². The molecule has 5 nitrogen and oxygen atoms in total. The van der Waals surface area contributed by atoms with Gasteiger partial charge in [0.15, 0.2) is 0 Å². The monoisotopic (exact) mass is 286 g/mol. The van der Waals surface area contributed by atoms with Gasteiger partial charge in [0.1, 0.15) is 6.04 Å². The lowest BCUT2D eigenvalue weighted by Gasteiger charge is -2.30. The number of urea groups is 1. The number of carboxylic acids is 1. The van der Waals surface area contributed by atoms with Gasteiger partial charge in [-0.25, -0.2) is 9.59 Å². The van der Waals surface area contributed by atoms with Crippen LogP contribution >= 0.6 is 11.8 Å². The Hall–Kier alpha value is -0.910. The molecular formula is C13H22N2O3S. The van der Waals surface area contributed by atoms with Crippen molar-refractivity contribution in [3.8, 4) is 0 Å². The van der Waals surface area contributed by atoms with Gasteiger partial charge in [-0.05, 0) is 25.7 Å². The van der Waals surface area contributed by atoms with Crippen LogP contribution in [0, 0.1) is 5.92 Å². The Morgan fingerprint density at radius 3 is 2.79 bits per heavy atom. The molecule has 1 N–H and O–H groups in total. The average Bonchev–Trinajstić information content (AvgIpc) is 2.95. The van der Waals surface area contributed by atoms with E-state index in [1.807, 2.05) is 11.8 Å². The quantitative estimate of drug-likeness (QED) is 0.863. The molecule has 0 spiro atoms. The fourth-order valence-electron chi connectivity index (χ4n) is 2.94. The van der Waals surface area contributed by atoms with Gasteiger partial charge in [0.05, 0.1) is 5.37 Å². The van der Waals surface area contributed by atoms with Crippen LogP contribution in [0.2, 0.25) is 0 Å². The first-order chi connectivity index (χ1) is 9.04. The van der Waals surface area contributed by atoms with Crippen LogP contribution in [-0.4, -0.2) is 57.2 Å². The topological polar surface area (TPSA) is 60.9 Å². The van der Waals surface area contributed by atoms with Gasteiger partial charge >= 0.3 is 12.0 Å². The number of amides is 2. The lowest BCUT2D eigenvalue weighted by Crippen LogP contribution is -2.50. The Labute approximate surface area is 118 Å². The van der Waals surface area contributed by atoms with Crippen molar-refractivity contribution in [3.63, 3.8) is 0 Å². The number of thioether (sulfide) groups is 1. The molecule has 6 heteroatoms. The summed E-state index contributed by atoms with van der Waals surface area (Å²) in [6.45, 7) is 5.62. The molecule has 2 aliphatic rings. The number of hydrogen-bond acceptors (Lipinski definition) is 3. The number of carbonyl (C=O) groups is 2. The Bertz CT molecular complexity index is 364. The molecule has 0 aromatic heterocycles. The van der Waals surface area contributed by atoms with Crippen molar-refractivity contribution in [2.75, 3.05) is 18.8 Å². The molecule has 0 radical (unpaired) electrons. The van der Waals surface area contributed by atoms with E-state index in [4.69, 9.17) is 0 Å². The average molecular weight is 286 g/mol. The molecule has 0 aliphatic carbocycles. The summed E-state index contributed by atoms with van der Waals surface area (Å²) in [6.07, 6.45) is 3.34. The van der Waals surface area contributed by atoms with Crippen molar-refractivity contribution < 1.29 is 14.7 Å². The van der Waals surface area contributed by atoms with Crippen molar-refractivity contribution in [1.82, 2.24) is 9.80 Å². The normalized spacial score (nSPS) is 30.9. The van der Waals surface area contributed by atoms with E-state index in [1.54, 1.807) is 4.90 Å². The summed E-state index contributed by atoms with van der Waals surface area (Å²) in [6, 6.07) is -0.763. The van der Waals surface area contributed by atoms with Gasteiger partial charge in [-0.1, -0.05) is 13.3 Å². The predicted molar refractivity (Wildman–Crippen MR) is 75.2 cm³/mol. The molecule has 3 atom stereocenters. The van der Waals surface area contributed by atoms with E-state index < -0.39 is 12.0 Å². The zero-order valence-electron chi connectivity index (χ0n) is 11.5. The van der Waals surface area contributed by atoms with Gasteiger partial charge in [-0.2, -0.15) is 0 Å². The van der Waals surface area contributed by atoms with Crippen LogP contribution in [0.15, 0.2) is 0 Å². The third kappa shape index (κ3) is 2.99. The van der Waals surface area contributed by atoms with Gasteiger partial charge in [0, 0.05) is 18.8 Å². The summed E-state index contributed by atoms with van der Waals surface area (Å²) < 4.78 is 0. The van der Waals surface area contributed by atoms with E-state index in [9.17, 15) is 14.7 Å². The maximum atomic E-state index is 12.5. The minimum absolute atomic E-state index is 0.0428. The predicted octanol–water partition coefficient (Wildman–Crippen LogP) is 2.08. The van der Waals surface area contributed by atoms with Crippen LogP contribution in [0.25, 0.3) is 0 Å². The Balaban J connectivity index is 2.00.